The molecule has 132 valence electrons. The van der Waals surface area contributed by atoms with E-state index in [4.69, 9.17) is 0 Å². The molecule has 1 nitrogen and oxygen atoms in total. The third-order valence-electron chi connectivity index (χ3n) is 4.95. The third-order valence-corrected chi connectivity index (χ3v) is 5.94. The molecule has 0 N–H and O–H groups in total. The SMILES string of the molecule is CC(C)(C)c1ccc(Cn2c3ccc(Br)cc3c3cc(Br)ccc32)cc1. The highest BCUT2D eigenvalue weighted by Gasteiger charge is 2.14. The Morgan fingerprint density at radius 2 is 1.23 bits per heavy atom. The average Bonchev–Trinajstić information content (AvgIpc) is 2.87. The van der Waals surface area contributed by atoms with Crippen molar-refractivity contribution in [3.63, 3.8) is 0 Å². The first-order valence-corrected chi connectivity index (χ1v) is 10.4. The van der Waals surface area contributed by atoms with Crippen molar-refractivity contribution in [1.82, 2.24) is 4.57 Å². The molecule has 0 bridgehead atoms. The first kappa shape index (κ1) is 17.8. The van der Waals surface area contributed by atoms with Crippen LogP contribution in [0.1, 0.15) is 31.9 Å². The van der Waals surface area contributed by atoms with Gasteiger partial charge < -0.3 is 4.57 Å². The van der Waals surface area contributed by atoms with Crippen molar-refractivity contribution >= 4 is 53.7 Å². The van der Waals surface area contributed by atoms with Crippen LogP contribution in [0.5, 0.6) is 0 Å². The first-order valence-electron chi connectivity index (χ1n) is 8.79. The number of rotatable bonds is 2. The fourth-order valence-corrected chi connectivity index (χ4v) is 4.23. The number of fused-ring (bicyclic) bond motifs is 3. The molecular formula is C23H21Br2N. The van der Waals surface area contributed by atoms with E-state index in [-0.39, 0.29) is 5.41 Å². The van der Waals surface area contributed by atoms with E-state index in [1.54, 1.807) is 0 Å². The maximum Gasteiger partial charge on any atom is 0.0495 e. The second-order valence-corrected chi connectivity index (χ2v) is 9.69. The molecule has 3 heteroatoms. The summed E-state index contributed by atoms with van der Waals surface area (Å²) in [5.74, 6) is 0. The van der Waals surface area contributed by atoms with Gasteiger partial charge in [-0.1, -0.05) is 76.9 Å². The van der Waals surface area contributed by atoms with E-state index in [1.807, 2.05) is 0 Å². The summed E-state index contributed by atoms with van der Waals surface area (Å²) < 4.78 is 4.63. The molecule has 0 unspecified atom stereocenters. The van der Waals surface area contributed by atoms with Crippen LogP contribution < -0.4 is 0 Å². The molecule has 0 aliphatic carbocycles. The van der Waals surface area contributed by atoms with Gasteiger partial charge in [0.25, 0.3) is 0 Å². The molecular weight excluding hydrogens is 450 g/mol. The molecule has 1 aromatic heterocycles. The van der Waals surface area contributed by atoms with Gasteiger partial charge in [-0.3, -0.25) is 0 Å². The van der Waals surface area contributed by atoms with E-state index in [0.29, 0.717) is 0 Å². The van der Waals surface area contributed by atoms with Gasteiger partial charge in [-0.25, -0.2) is 0 Å². The van der Waals surface area contributed by atoms with Crippen LogP contribution in [0.4, 0.5) is 0 Å². The molecule has 4 rings (SSSR count). The molecule has 4 aromatic rings. The monoisotopic (exact) mass is 469 g/mol. The Kier molecular flexibility index (Phi) is 4.48. The van der Waals surface area contributed by atoms with Crippen molar-refractivity contribution in [3.8, 4) is 0 Å². The molecule has 0 spiro atoms. The predicted octanol–water partition coefficient (Wildman–Crippen LogP) is 7.67. The Balaban J connectivity index is 1.85. The molecule has 1 heterocycles. The predicted molar refractivity (Wildman–Crippen MR) is 119 cm³/mol. The van der Waals surface area contributed by atoms with E-state index in [2.05, 4.69) is 118 Å². The molecule has 0 amide bonds. The number of aromatic nitrogens is 1. The van der Waals surface area contributed by atoms with Crippen molar-refractivity contribution in [3.05, 3.63) is 80.7 Å². The Morgan fingerprint density at radius 1 is 0.731 bits per heavy atom. The Labute approximate surface area is 171 Å². The van der Waals surface area contributed by atoms with Crippen LogP contribution >= 0.6 is 31.9 Å². The van der Waals surface area contributed by atoms with Gasteiger partial charge in [0.2, 0.25) is 0 Å². The summed E-state index contributed by atoms with van der Waals surface area (Å²) in [6, 6.07) is 22.1. The Hall–Kier alpha value is -1.58. The number of benzene rings is 3. The topological polar surface area (TPSA) is 4.93 Å². The quantitative estimate of drug-likeness (QED) is 0.283. The highest BCUT2D eigenvalue weighted by Crippen LogP contribution is 2.33. The van der Waals surface area contributed by atoms with Gasteiger partial charge >= 0.3 is 0 Å². The summed E-state index contributed by atoms with van der Waals surface area (Å²) in [7, 11) is 0. The van der Waals surface area contributed by atoms with Crippen molar-refractivity contribution in [1.29, 1.82) is 0 Å². The van der Waals surface area contributed by atoms with Crippen LogP contribution in [0, 0.1) is 0 Å². The highest BCUT2D eigenvalue weighted by molar-refractivity contribution is 9.10. The summed E-state index contributed by atoms with van der Waals surface area (Å²) in [4.78, 5) is 0. The van der Waals surface area contributed by atoms with Crippen LogP contribution in [0.25, 0.3) is 21.8 Å². The summed E-state index contributed by atoms with van der Waals surface area (Å²) in [5, 5.41) is 2.56. The zero-order chi connectivity index (χ0) is 18.5. The zero-order valence-corrected chi connectivity index (χ0v) is 18.4. The van der Waals surface area contributed by atoms with E-state index in [9.17, 15) is 0 Å². The minimum absolute atomic E-state index is 0.184. The molecule has 0 aliphatic rings. The van der Waals surface area contributed by atoms with Crippen LogP contribution in [-0.2, 0) is 12.0 Å². The first-order chi connectivity index (χ1) is 12.3. The van der Waals surface area contributed by atoms with Gasteiger partial charge in [0.05, 0.1) is 0 Å². The Bertz CT molecular complexity index is 1040. The highest BCUT2D eigenvalue weighted by atomic mass is 79.9. The van der Waals surface area contributed by atoms with Crippen LogP contribution in [0.2, 0.25) is 0 Å². The zero-order valence-electron chi connectivity index (χ0n) is 15.2. The molecule has 0 aliphatic heterocycles. The lowest BCUT2D eigenvalue weighted by molar-refractivity contribution is 0.590. The average molecular weight is 471 g/mol. The van der Waals surface area contributed by atoms with Crippen LogP contribution in [0.15, 0.2) is 69.6 Å². The molecule has 0 saturated carbocycles. The minimum atomic E-state index is 0.184. The minimum Gasteiger partial charge on any atom is -0.336 e. The van der Waals surface area contributed by atoms with E-state index >= 15 is 0 Å². The summed E-state index contributed by atoms with van der Waals surface area (Å²) >= 11 is 7.24. The third kappa shape index (κ3) is 3.23. The lowest BCUT2D eigenvalue weighted by Crippen LogP contribution is -2.11. The number of hydrogen-bond acceptors (Lipinski definition) is 0. The maximum absolute atomic E-state index is 3.62. The second kappa shape index (κ2) is 6.54. The fourth-order valence-electron chi connectivity index (χ4n) is 3.51. The van der Waals surface area contributed by atoms with Crippen LogP contribution in [0.3, 0.4) is 0 Å². The second-order valence-electron chi connectivity index (χ2n) is 7.86. The van der Waals surface area contributed by atoms with E-state index in [0.717, 1.165) is 15.5 Å². The standard InChI is InChI=1S/C23H21Br2N/c1-23(2,3)16-6-4-15(5-7-16)14-26-21-10-8-17(24)12-19(21)20-13-18(25)9-11-22(20)26/h4-13H,14H2,1-3H3. The molecule has 0 fully saturated rings. The van der Waals surface area contributed by atoms with Gasteiger partial charge in [-0.05, 0) is 52.9 Å². The summed E-state index contributed by atoms with van der Waals surface area (Å²) in [5.41, 5.74) is 5.41. The van der Waals surface area contributed by atoms with Gasteiger partial charge in [0, 0.05) is 37.3 Å². The van der Waals surface area contributed by atoms with E-state index in [1.165, 1.54) is 32.9 Å². The molecule has 0 saturated heterocycles. The number of hydrogen-bond donors (Lipinski definition) is 0. The van der Waals surface area contributed by atoms with Crippen molar-refractivity contribution < 1.29 is 0 Å². The molecule has 0 radical (unpaired) electrons. The fraction of sp³-hybridized carbons (Fsp3) is 0.217. The maximum atomic E-state index is 3.62. The largest absolute Gasteiger partial charge is 0.336 e. The molecule has 26 heavy (non-hydrogen) atoms. The van der Waals surface area contributed by atoms with Gasteiger partial charge in [-0.2, -0.15) is 0 Å². The van der Waals surface area contributed by atoms with Crippen LogP contribution in [-0.4, -0.2) is 4.57 Å². The lowest BCUT2D eigenvalue weighted by atomic mass is 9.87. The summed E-state index contributed by atoms with van der Waals surface area (Å²) in [6.45, 7) is 7.63. The van der Waals surface area contributed by atoms with Crippen molar-refractivity contribution in [2.45, 2.75) is 32.7 Å². The van der Waals surface area contributed by atoms with Gasteiger partial charge in [0.1, 0.15) is 0 Å². The Morgan fingerprint density at radius 3 is 1.69 bits per heavy atom. The van der Waals surface area contributed by atoms with Crippen molar-refractivity contribution in [2.24, 2.45) is 0 Å². The lowest BCUT2D eigenvalue weighted by Gasteiger charge is -2.19. The summed E-state index contributed by atoms with van der Waals surface area (Å²) in [6.07, 6.45) is 0. The molecule has 0 atom stereocenters. The number of halogens is 2. The van der Waals surface area contributed by atoms with Gasteiger partial charge in [-0.15, -0.1) is 0 Å². The van der Waals surface area contributed by atoms with Gasteiger partial charge in [0.15, 0.2) is 0 Å². The van der Waals surface area contributed by atoms with E-state index < -0.39 is 0 Å². The molecule has 3 aromatic carbocycles. The normalized spacial score (nSPS) is 12.2. The number of nitrogens with zero attached hydrogens (tertiary/aromatic N) is 1. The van der Waals surface area contributed by atoms with Crippen molar-refractivity contribution in [2.75, 3.05) is 0 Å². The smallest absolute Gasteiger partial charge is 0.0495 e.